The second-order valence-corrected chi connectivity index (χ2v) is 4.00. The number of hydrogen-bond acceptors (Lipinski definition) is 4. The summed E-state index contributed by atoms with van der Waals surface area (Å²) >= 11 is 0. The number of aromatic nitrogens is 1. The fourth-order valence-electron chi connectivity index (χ4n) is 1.76. The third-order valence-corrected chi connectivity index (χ3v) is 2.67. The minimum atomic E-state index is -0.137. The molecule has 0 spiro atoms. The highest BCUT2D eigenvalue weighted by Gasteiger charge is 2.01. The van der Waals surface area contributed by atoms with Crippen molar-refractivity contribution in [3.8, 4) is 12.1 Å². The van der Waals surface area contributed by atoms with Gasteiger partial charge in [0.15, 0.2) is 0 Å². The predicted octanol–water partition coefficient (Wildman–Crippen LogP) is 2.18. The number of allylic oxidation sites excluding steroid dienone is 1. The maximum atomic E-state index is 11.3. The second kappa shape index (κ2) is 5.07. The lowest BCUT2D eigenvalue weighted by atomic mass is 10.1. The normalized spacial score (nSPS) is 9.42. The zero-order valence-corrected chi connectivity index (χ0v) is 10.2. The summed E-state index contributed by atoms with van der Waals surface area (Å²) in [5.74, 6) is 0. The van der Waals surface area contributed by atoms with Crippen LogP contribution in [-0.2, 0) is 0 Å². The van der Waals surface area contributed by atoms with Crippen LogP contribution in [0.2, 0.25) is 0 Å². The Bertz CT molecular complexity index is 787. The molecule has 0 bridgehead atoms. The molecule has 19 heavy (non-hydrogen) atoms. The fourth-order valence-corrected chi connectivity index (χ4v) is 1.76. The molecule has 1 aromatic carbocycles. The molecule has 0 unspecified atom stereocenters. The maximum Gasteiger partial charge on any atom is 0.248 e. The summed E-state index contributed by atoms with van der Waals surface area (Å²) in [6, 6.07) is 10.5. The first-order valence-electron chi connectivity index (χ1n) is 5.54. The Morgan fingerprint density at radius 1 is 1.32 bits per heavy atom. The Kier molecular flexibility index (Phi) is 3.31. The molecule has 2 N–H and O–H groups in total. The lowest BCUT2D eigenvalue weighted by Gasteiger charge is -2.05. The van der Waals surface area contributed by atoms with E-state index in [1.165, 1.54) is 12.3 Å². The number of aromatic amines is 1. The molecule has 0 fully saturated rings. The van der Waals surface area contributed by atoms with Gasteiger partial charge in [0.05, 0.1) is 0 Å². The fraction of sp³-hybridized carbons (Fsp3) is 0.0714. The largest absolute Gasteiger partial charge is 0.360 e. The molecule has 0 saturated heterocycles. The van der Waals surface area contributed by atoms with Gasteiger partial charge in [-0.25, -0.2) is 0 Å². The topological polar surface area (TPSA) is 92.5 Å². The van der Waals surface area contributed by atoms with Gasteiger partial charge in [-0.05, 0) is 30.7 Å². The van der Waals surface area contributed by atoms with E-state index in [1.54, 1.807) is 24.3 Å². The third kappa shape index (κ3) is 2.62. The summed E-state index contributed by atoms with van der Waals surface area (Å²) in [6.45, 7) is 1.85. The average Bonchev–Trinajstić information content (AvgIpc) is 2.40. The van der Waals surface area contributed by atoms with Gasteiger partial charge in [-0.2, -0.15) is 10.5 Å². The summed E-state index contributed by atoms with van der Waals surface area (Å²) in [5, 5.41) is 21.1. The Hall–Kier alpha value is -3.05. The number of benzene rings is 1. The number of fused-ring (bicyclic) bond motifs is 1. The van der Waals surface area contributed by atoms with Gasteiger partial charge in [-0.3, -0.25) is 4.79 Å². The number of pyridine rings is 1. The highest BCUT2D eigenvalue weighted by Crippen LogP contribution is 2.19. The Balaban J connectivity index is 2.44. The van der Waals surface area contributed by atoms with Crippen LogP contribution in [0.1, 0.15) is 5.56 Å². The van der Waals surface area contributed by atoms with Crippen molar-refractivity contribution in [2.45, 2.75) is 6.92 Å². The molecule has 0 atom stereocenters. The van der Waals surface area contributed by atoms with Crippen LogP contribution in [0.15, 0.2) is 40.8 Å². The molecule has 2 aromatic rings. The van der Waals surface area contributed by atoms with E-state index < -0.39 is 0 Å². The van der Waals surface area contributed by atoms with E-state index in [4.69, 9.17) is 10.5 Å². The van der Waals surface area contributed by atoms with Crippen LogP contribution in [0.5, 0.6) is 0 Å². The van der Waals surface area contributed by atoms with Crippen LogP contribution in [0.3, 0.4) is 0 Å². The highest BCUT2D eigenvalue weighted by atomic mass is 16.1. The summed E-state index contributed by atoms with van der Waals surface area (Å²) in [4.78, 5) is 14.1. The molecule has 2 rings (SSSR count). The SMILES string of the molecule is Cc1cc(=O)[nH]c2ccc(NC=C(C#N)C#N)cc12. The molecule has 5 heteroatoms. The zero-order chi connectivity index (χ0) is 13.8. The molecule has 0 aliphatic rings. The van der Waals surface area contributed by atoms with Crippen molar-refractivity contribution in [3.05, 3.63) is 52.0 Å². The van der Waals surface area contributed by atoms with Gasteiger partial charge in [-0.1, -0.05) is 0 Å². The van der Waals surface area contributed by atoms with Crippen LogP contribution >= 0.6 is 0 Å². The molecule has 0 aliphatic heterocycles. The Morgan fingerprint density at radius 2 is 2.05 bits per heavy atom. The number of nitrogens with zero attached hydrogens (tertiary/aromatic N) is 2. The quantitative estimate of drug-likeness (QED) is 0.799. The Labute approximate surface area is 109 Å². The standard InChI is InChI=1S/C14H10N4O/c1-9-4-14(19)18-13-3-2-11(5-12(9)13)17-8-10(6-15)7-16/h2-5,8,17H,1H3,(H,18,19). The minimum absolute atomic E-state index is 0.00159. The van der Waals surface area contributed by atoms with Crippen molar-refractivity contribution in [3.63, 3.8) is 0 Å². The van der Waals surface area contributed by atoms with Gasteiger partial charge < -0.3 is 10.3 Å². The Morgan fingerprint density at radius 3 is 2.74 bits per heavy atom. The third-order valence-electron chi connectivity index (χ3n) is 2.67. The van der Waals surface area contributed by atoms with Crippen molar-refractivity contribution in [1.29, 1.82) is 10.5 Å². The van der Waals surface area contributed by atoms with Gasteiger partial charge >= 0.3 is 0 Å². The van der Waals surface area contributed by atoms with E-state index in [9.17, 15) is 4.79 Å². The first-order chi connectivity index (χ1) is 9.13. The number of rotatable bonds is 2. The van der Waals surface area contributed by atoms with Crippen LogP contribution in [0, 0.1) is 29.6 Å². The van der Waals surface area contributed by atoms with Gasteiger partial charge in [0.1, 0.15) is 17.7 Å². The molecule has 1 aromatic heterocycles. The van der Waals surface area contributed by atoms with E-state index in [0.717, 1.165) is 22.2 Å². The van der Waals surface area contributed by atoms with Crippen molar-refractivity contribution < 1.29 is 0 Å². The summed E-state index contributed by atoms with van der Waals surface area (Å²) in [6.07, 6.45) is 1.35. The van der Waals surface area contributed by atoms with E-state index in [2.05, 4.69) is 10.3 Å². The van der Waals surface area contributed by atoms with Crippen molar-refractivity contribution in [2.24, 2.45) is 0 Å². The first-order valence-corrected chi connectivity index (χ1v) is 5.54. The van der Waals surface area contributed by atoms with Crippen molar-refractivity contribution >= 4 is 16.6 Å². The monoisotopic (exact) mass is 250 g/mol. The summed E-state index contributed by atoms with van der Waals surface area (Å²) < 4.78 is 0. The van der Waals surface area contributed by atoms with Crippen LogP contribution in [0.4, 0.5) is 5.69 Å². The maximum absolute atomic E-state index is 11.3. The number of nitriles is 2. The molecule has 0 amide bonds. The number of aryl methyl sites for hydroxylation is 1. The van der Waals surface area contributed by atoms with Crippen molar-refractivity contribution in [1.82, 2.24) is 4.98 Å². The minimum Gasteiger partial charge on any atom is -0.360 e. The molecule has 1 heterocycles. The number of H-pyrrole nitrogens is 1. The van der Waals surface area contributed by atoms with E-state index in [0.29, 0.717) is 0 Å². The molecular formula is C14H10N4O. The number of anilines is 1. The first kappa shape index (κ1) is 12.4. The van der Waals surface area contributed by atoms with E-state index in [-0.39, 0.29) is 11.1 Å². The van der Waals surface area contributed by atoms with Crippen LogP contribution in [-0.4, -0.2) is 4.98 Å². The van der Waals surface area contributed by atoms with Gasteiger partial charge in [0, 0.05) is 28.9 Å². The summed E-state index contributed by atoms with van der Waals surface area (Å²) in [7, 11) is 0. The molecule has 5 nitrogen and oxygen atoms in total. The van der Waals surface area contributed by atoms with Gasteiger partial charge in [0.25, 0.3) is 0 Å². The molecular weight excluding hydrogens is 240 g/mol. The number of hydrogen-bond donors (Lipinski definition) is 2. The second-order valence-electron chi connectivity index (χ2n) is 4.00. The average molecular weight is 250 g/mol. The lowest BCUT2D eigenvalue weighted by Crippen LogP contribution is -2.04. The van der Waals surface area contributed by atoms with Crippen LogP contribution in [0.25, 0.3) is 10.9 Å². The highest BCUT2D eigenvalue weighted by molar-refractivity contribution is 5.85. The molecule has 0 aliphatic carbocycles. The van der Waals surface area contributed by atoms with Crippen LogP contribution < -0.4 is 10.9 Å². The molecule has 0 saturated carbocycles. The molecule has 0 radical (unpaired) electrons. The summed E-state index contributed by atoms with van der Waals surface area (Å²) in [5.41, 5.74) is 2.22. The zero-order valence-electron chi connectivity index (χ0n) is 10.2. The molecule has 92 valence electrons. The smallest absolute Gasteiger partial charge is 0.248 e. The number of nitrogens with one attached hydrogen (secondary N) is 2. The van der Waals surface area contributed by atoms with Crippen molar-refractivity contribution in [2.75, 3.05) is 5.32 Å². The van der Waals surface area contributed by atoms with E-state index >= 15 is 0 Å². The lowest BCUT2D eigenvalue weighted by molar-refractivity contribution is 1.28. The van der Waals surface area contributed by atoms with Gasteiger partial charge in [0.2, 0.25) is 5.56 Å². The predicted molar refractivity (Wildman–Crippen MR) is 72.2 cm³/mol. The van der Waals surface area contributed by atoms with Gasteiger partial charge in [-0.15, -0.1) is 0 Å². The van der Waals surface area contributed by atoms with E-state index in [1.807, 2.05) is 13.0 Å².